The number of rotatable bonds is 3. The third-order valence-corrected chi connectivity index (χ3v) is 0.494. The molecule has 0 aromatic carbocycles. The first-order valence-corrected chi connectivity index (χ1v) is 2.52. The van der Waals surface area contributed by atoms with Gasteiger partial charge >= 0.3 is 0 Å². The van der Waals surface area contributed by atoms with Gasteiger partial charge in [0.1, 0.15) is 0 Å². The van der Waals surface area contributed by atoms with Crippen molar-refractivity contribution in [1.29, 1.82) is 0 Å². The van der Waals surface area contributed by atoms with Crippen LogP contribution in [0.4, 0.5) is 0 Å². The first kappa shape index (κ1) is 17.5. The molecule has 0 unspecified atom stereocenters. The number of nitrogens with zero attached hydrogens (tertiary/aromatic N) is 2. The molecule has 0 saturated heterocycles. The van der Waals surface area contributed by atoms with E-state index in [0.717, 1.165) is 6.42 Å². The Balaban J connectivity index is -0.000000245. The molecule has 10 heavy (non-hydrogen) atoms. The predicted octanol–water partition coefficient (Wildman–Crippen LogP) is 1.43. The van der Waals surface area contributed by atoms with Crippen molar-refractivity contribution in [3.05, 3.63) is 6.67 Å². The largest absolute Gasteiger partial charge is 0.643 e. The van der Waals surface area contributed by atoms with Crippen LogP contribution in [0, 0.1) is 6.67 Å². The molecule has 0 spiro atoms. The standard InChI is InChI=1S/C6H9N2.2Y/c1-3-5-8-6-7-4-2;;/h6H,3H2,1-2H3;;/q-3;;. The molecule has 0 heterocycles. The van der Waals surface area contributed by atoms with Crippen molar-refractivity contribution in [3.8, 4) is 0 Å². The maximum atomic E-state index is 3.68. The predicted molar refractivity (Wildman–Crippen MR) is 35.1 cm³/mol. The minimum atomic E-state index is 0. The molecule has 4 heteroatoms. The van der Waals surface area contributed by atoms with Gasteiger partial charge in [-0.2, -0.15) is 13.3 Å². The molecule has 0 amide bonds. The zero-order valence-corrected chi connectivity index (χ0v) is 12.0. The molecule has 0 aliphatic rings. The molecule has 0 aromatic rings. The van der Waals surface area contributed by atoms with Gasteiger partial charge in [0, 0.05) is 65.4 Å². The molecule has 0 aliphatic carbocycles. The molecule has 2 radical (unpaired) electrons. The fraction of sp³-hybridized carbons (Fsp3) is 0.500. The van der Waals surface area contributed by atoms with Gasteiger partial charge in [-0.05, 0) is 0 Å². The van der Waals surface area contributed by atoms with Crippen molar-refractivity contribution in [2.45, 2.75) is 20.3 Å². The molecule has 52 valence electrons. The summed E-state index contributed by atoms with van der Waals surface area (Å²) in [5, 5.41) is 0. The monoisotopic (exact) mass is 287 g/mol. The van der Waals surface area contributed by atoms with E-state index in [1.807, 2.05) is 6.92 Å². The summed E-state index contributed by atoms with van der Waals surface area (Å²) in [5.74, 6) is 0. The summed E-state index contributed by atoms with van der Waals surface area (Å²) in [4.78, 5) is 7.28. The molecule has 0 aromatic heterocycles. The quantitative estimate of drug-likeness (QED) is 0.554. The Bertz CT molecular complexity index is 91.7. The molecule has 0 atom stereocenters. The van der Waals surface area contributed by atoms with Gasteiger partial charge in [-0.1, -0.05) is 6.92 Å². The second-order valence-corrected chi connectivity index (χ2v) is 1.11. The average molecular weight is 287 g/mol. The molecule has 0 N–H and O–H groups in total. The summed E-state index contributed by atoms with van der Waals surface area (Å²) in [5.41, 5.74) is 0. The molecule has 0 aliphatic heterocycles. The maximum Gasteiger partial charge on any atom is 0 e. The van der Waals surface area contributed by atoms with E-state index in [1.54, 1.807) is 6.92 Å². The van der Waals surface area contributed by atoms with Gasteiger partial charge in [0.25, 0.3) is 0 Å². The SMILES string of the molecule is C[C-]=N[CH-]N=[C-]CC.[Y].[Y]. The first-order valence-electron chi connectivity index (χ1n) is 2.52. The zero-order chi connectivity index (χ0) is 6.24. The zero-order valence-electron chi connectivity index (χ0n) is 6.33. The smallest absolute Gasteiger partial charge is 0 e. The van der Waals surface area contributed by atoms with Crippen LogP contribution in [-0.2, 0) is 65.4 Å². The third kappa shape index (κ3) is 16.2. The summed E-state index contributed by atoms with van der Waals surface area (Å²) in [6, 6.07) is 0. The van der Waals surface area contributed by atoms with Gasteiger partial charge in [-0.15, -0.1) is 0 Å². The second kappa shape index (κ2) is 16.8. The normalized spacial score (nSPS) is 9.00. The van der Waals surface area contributed by atoms with E-state index in [4.69, 9.17) is 0 Å². The Morgan fingerprint density at radius 2 is 1.90 bits per heavy atom. The molecule has 0 rings (SSSR count). The van der Waals surface area contributed by atoms with E-state index >= 15 is 0 Å². The van der Waals surface area contributed by atoms with Gasteiger partial charge in [0.05, 0.1) is 0 Å². The fourth-order valence-electron chi connectivity index (χ4n) is 0.219. The molecule has 2 nitrogen and oxygen atoms in total. The minimum absolute atomic E-state index is 0. The first-order chi connectivity index (χ1) is 3.91. The Hall–Kier alpha value is 1.42. The average Bonchev–Trinajstić information content (AvgIpc) is 1.81. The number of aliphatic imine (C=N–C) groups is 2. The Kier molecular flexibility index (Phi) is 29.4. The number of hydrogen-bond donors (Lipinski definition) is 0. The van der Waals surface area contributed by atoms with Crippen LogP contribution in [0.5, 0.6) is 0 Å². The summed E-state index contributed by atoms with van der Waals surface area (Å²) in [6.45, 7) is 5.11. The van der Waals surface area contributed by atoms with E-state index < -0.39 is 0 Å². The van der Waals surface area contributed by atoms with Gasteiger partial charge in [0.2, 0.25) is 0 Å². The molecule has 0 fully saturated rings. The van der Waals surface area contributed by atoms with Crippen molar-refractivity contribution in [2.75, 3.05) is 0 Å². The Labute approximate surface area is 113 Å². The van der Waals surface area contributed by atoms with Crippen LogP contribution in [0.2, 0.25) is 0 Å². The molecular formula is C6H9N2Y2-3. The Morgan fingerprint density at radius 1 is 1.30 bits per heavy atom. The van der Waals surface area contributed by atoms with Gasteiger partial charge in [0.15, 0.2) is 0 Å². The maximum absolute atomic E-state index is 3.68. The van der Waals surface area contributed by atoms with Crippen LogP contribution in [0.25, 0.3) is 0 Å². The van der Waals surface area contributed by atoms with Crippen molar-refractivity contribution in [1.82, 2.24) is 0 Å². The van der Waals surface area contributed by atoms with Crippen LogP contribution in [0.15, 0.2) is 9.98 Å². The van der Waals surface area contributed by atoms with Gasteiger partial charge < -0.3 is 22.4 Å². The summed E-state index contributed by atoms with van der Waals surface area (Å²) in [6.07, 6.45) is 6.11. The fourth-order valence-corrected chi connectivity index (χ4v) is 0.219. The number of hydrogen-bond acceptors (Lipinski definition) is 2. The minimum Gasteiger partial charge on any atom is -0.643 e. The van der Waals surface area contributed by atoms with Crippen molar-refractivity contribution < 1.29 is 65.4 Å². The van der Waals surface area contributed by atoms with E-state index in [9.17, 15) is 0 Å². The van der Waals surface area contributed by atoms with Gasteiger partial charge in [-0.25, -0.2) is 0 Å². The third-order valence-electron chi connectivity index (χ3n) is 0.494. The van der Waals surface area contributed by atoms with E-state index in [1.165, 1.54) is 6.67 Å². The summed E-state index contributed by atoms with van der Waals surface area (Å²) in [7, 11) is 0. The van der Waals surface area contributed by atoms with E-state index in [0.29, 0.717) is 0 Å². The molecule has 0 bridgehead atoms. The summed E-state index contributed by atoms with van der Waals surface area (Å²) >= 11 is 0. The van der Waals surface area contributed by atoms with Crippen molar-refractivity contribution in [3.63, 3.8) is 0 Å². The van der Waals surface area contributed by atoms with Crippen molar-refractivity contribution in [2.24, 2.45) is 9.98 Å². The Morgan fingerprint density at radius 3 is 2.30 bits per heavy atom. The van der Waals surface area contributed by atoms with Crippen LogP contribution >= 0.6 is 0 Å². The second-order valence-electron chi connectivity index (χ2n) is 1.11. The van der Waals surface area contributed by atoms with Gasteiger partial charge in [-0.3, -0.25) is 6.67 Å². The van der Waals surface area contributed by atoms with E-state index in [2.05, 4.69) is 22.4 Å². The van der Waals surface area contributed by atoms with Crippen LogP contribution in [0.1, 0.15) is 20.3 Å². The van der Waals surface area contributed by atoms with E-state index in [-0.39, 0.29) is 65.4 Å². The van der Waals surface area contributed by atoms with Crippen LogP contribution in [0.3, 0.4) is 0 Å². The topological polar surface area (TPSA) is 24.7 Å². The molecular weight excluding hydrogens is 278 g/mol. The van der Waals surface area contributed by atoms with Crippen LogP contribution < -0.4 is 0 Å². The summed E-state index contributed by atoms with van der Waals surface area (Å²) < 4.78 is 0. The van der Waals surface area contributed by atoms with Crippen molar-refractivity contribution >= 4 is 12.4 Å². The molecule has 0 saturated carbocycles. The van der Waals surface area contributed by atoms with Crippen LogP contribution in [-0.4, -0.2) is 12.4 Å².